The van der Waals surface area contributed by atoms with Gasteiger partial charge in [-0.05, 0) is 48.2 Å². The zero-order valence-electron chi connectivity index (χ0n) is 16.2. The number of nitrogens with zero attached hydrogens (tertiary/aromatic N) is 1. The minimum atomic E-state index is -3.57. The highest BCUT2D eigenvalue weighted by molar-refractivity contribution is 7.89. The van der Waals surface area contributed by atoms with Gasteiger partial charge in [-0.25, -0.2) is 8.42 Å². The monoisotopic (exact) mass is 403 g/mol. The third kappa shape index (κ3) is 4.98. The van der Waals surface area contributed by atoms with Crippen LogP contribution in [0.2, 0.25) is 0 Å². The number of ether oxygens (including phenoxy) is 2. The van der Waals surface area contributed by atoms with E-state index in [1.807, 2.05) is 32.0 Å². The molecular weight excluding hydrogens is 378 g/mol. The summed E-state index contributed by atoms with van der Waals surface area (Å²) in [6.45, 7) is 5.55. The van der Waals surface area contributed by atoms with Crippen molar-refractivity contribution in [1.82, 2.24) is 4.31 Å². The SMILES string of the molecule is Cc1ccc(CC(=O)OCc2cccc(S(=O)(=O)N3CCOCC3)c2)cc1C. The number of carbonyl (C=O) groups is 1. The minimum absolute atomic E-state index is 0.0378. The Bertz CT molecular complexity index is 949. The Morgan fingerprint density at radius 1 is 1.04 bits per heavy atom. The molecule has 0 aromatic heterocycles. The van der Waals surface area contributed by atoms with Crippen molar-refractivity contribution in [3.05, 3.63) is 64.7 Å². The van der Waals surface area contributed by atoms with Gasteiger partial charge in [0.1, 0.15) is 6.61 Å². The number of carbonyl (C=O) groups excluding carboxylic acids is 1. The first-order valence-corrected chi connectivity index (χ1v) is 10.7. The number of rotatable bonds is 6. The average Bonchev–Trinajstić information content (AvgIpc) is 2.70. The minimum Gasteiger partial charge on any atom is -0.461 e. The van der Waals surface area contributed by atoms with Gasteiger partial charge in [-0.15, -0.1) is 0 Å². The normalized spacial score (nSPS) is 15.4. The van der Waals surface area contributed by atoms with Crippen molar-refractivity contribution in [2.75, 3.05) is 26.3 Å². The number of esters is 1. The van der Waals surface area contributed by atoms with Crippen molar-refractivity contribution in [1.29, 1.82) is 0 Å². The molecule has 1 fully saturated rings. The van der Waals surface area contributed by atoms with Gasteiger partial charge in [0.25, 0.3) is 0 Å². The van der Waals surface area contributed by atoms with E-state index in [2.05, 4.69) is 0 Å². The number of sulfonamides is 1. The lowest BCUT2D eigenvalue weighted by molar-refractivity contribution is -0.144. The Kier molecular flexibility index (Phi) is 6.49. The molecule has 0 N–H and O–H groups in total. The molecule has 1 aliphatic rings. The molecule has 1 saturated heterocycles. The molecule has 150 valence electrons. The molecular formula is C21H25NO5S. The van der Waals surface area contributed by atoms with E-state index in [4.69, 9.17) is 9.47 Å². The van der Waals surface area contributed by atoms with Crippen LogP contribution in [0.1, 0.15) is 22.3 Å². The van der Waals surface area contributed by atoms with Gasteiger partial charge >= 0.3 is 5.97 Å². The molecule has 28 heavy (non-hydrogen) atoms. The molecule has 0 bridgehead atoms. The highest BCUT2D eigenvalue weighted by Crippen LogP contribution is 2.19. The van der Waals surface area contributed by atoms with Crippen LogP contribution >= 0.6 is 0 Å². The van der Waals surface area contributed by atoms with Crippen LogP contribution in [0.3, 0.4) is 0 Å². The summed E-state index contributed by atoms with van der Waals surface area (Å²) in [6, 6.07) is 12.4. The lowest BCUT2D eigenvalue weighted by Crippen LogP contribution is -2.40. The predicted octanol–water partition coefficient (Wildman–Crippen LogP) is 2.61. The maximum absolute atomic E-state index is 12.7. The number of benzene rings is 2. The molecule has 3 rings (SSSR count). The molecule has 0 radical (unpaired) electrons. The molecule has 0 atom stereocenters. The van der Waals surface area contributed by atoms with Crippen LogP contribution in [-0.2, 0) is 37.3 Å². The third-order valence-electron chi connectivity index (χ3n) is 4.83. The lowest BCUT2D eigenvalue weighted by atomic mass is 10.0. The number of hydrogen-bond donors (Lipinski definition) is 0. The first-order valence-electron chi connectivity index (χ1n) is 9.25. The fourth-order valence-electron chi connectivity index (χ4n) is 3.03. The topological polar surface area (TPSA) is 72.9 Å². The van der Waals surface area contributed by atoms with Crippen LogP contribution in [0.25, 0.3) is 0 Å². The van der Waals surface area contributed by atoms with Crippen LogP contribution in [0.4, 0.5) is 0 Å². The second-order valence-electron chi connectivity index (χ2n) is 6.92. The van der Waals surface area contributed by atoms with Gasteiger partial charge in [-0.2, -0.15) is 4.31 Å². The van der Waals surface area contributed by atoms with Crippen molar-refractivity contribution in [3.63, 3.8) is 0 Å². The molecule has 1 aliphatic heterocycles. The second kappa shape index (κ2) is 8.86. The maximum Gasteiger partial charge on any atom is 0.310 e. The standard InChI is InChI=1S/C21H25NO5S/c1-16-6-7-18(12-17(16)2)14-21(23)27-15-19-4-3-5-20(13-19)28(24,25)22-8-10-26-11-9-22/h3-7,12-13H,8-11,14-15H2,1-2H3. The third-order valence-corrected chi connectivity index (χ3v) is 6.72. The number of aryl methyl sites for hydroxylation is 2. The zero-order chi connectivity index (χ0) is 20.1. The van der Waals surface area contributed by atoms with Crippen molar-refractivity contribution in [3.8, 4) is 0 Å². The molecule has 0 saturated carbocycles. The molecule has 0 spiro atoms. The average molecular weight is 404 g/mol. The van der Waals surface area contributed by atoms with Gasteiger partial charge in [0, 0.05) is 13.1 Å². The Hall–Kier alpha value is -2.22. The molecule has 1 heterocycles. The van der Waals surface area contributed by atoms with Crippen LogP contribution < -0.4 is 0 Å². The second-order valence-corrected chi connectivity index (χ2v) is 8.86. The largest absolute Gasteiger partial charge is 0.461 e. The quantitative estimate of drug-likeness (QED) is 0.694. The first-order chi connectivity index (χ1) is 13.4. The summed E-state index contributed by atoms with van der Waals surface area (Å²) in [5.74, 6) is -0.343. The van der Waals surface area contributed by atoms with Gasteiger partial charge in [0.05, 0.1) is 24.5 Å². The van der Waals surface area contributed by atoms with E-state index in [1.165, 1.54) is 9.87 Å². The molecule has 0 amide bonds. The molecule has 7 heteroatoms. The van der Waals surface area contributed by atoms with Gasteiger partial charge in [0.2, 0.25) is 10.0 Å². The summed E-state index contributed by atoms with van der Waals surface area (Å²) in [5, 5.41) is 0. The van der Waals surface area contributed by atoms with E-state index in [0.717, 1.165) is 11.1 Å². The van der Waals surface area contributed by atoms with Crippen LogP contribution in [0.15, 0.2) is 47.4 Å². The Morgan fingerprint density at radius 2 is 1.79 bits per heavy atom. The van der Waals surface area contributed by atoms with Crippen LogP contribution in [0, 0.1) is 13.8 Å². The van der Waals surface area contributed by atoms with Crippen molar-refractivity contribution >= 4 is 16.0 Å². The Balaban J connectivity index is 1.62. The highest BCUT2D eigenvalue weighted by Gasteiger charge is 2.26. The van der Waals surface area contributed by atoms with Crippen molar-refractivity contribution < 1.29 is 22.7 Å². The Labute approximate surface area is 166 Å². The molecule has 2 aromatic rings. The van der Waals surface area contributed by atoms with E-state index < -0.39 is 10.0 Å². The van der Waals surface area contributed by atoms with Crippen molar-refractivity contribution in [2.45, 2.75) is 31.8 Å². The van der Waals surface area contributed by atoms with Crippen molar-refractivity contribution in [2.24, 2.45) is 0 Å². The molecule has 0 unspecified atom stereocenters. The maximum atomic E-state index is 12.7. The van der Waals surface area contributed by atoms with Crippen LogP contribution in [0.5, 0.6) is 0 Å². The summed E-state index contributed by atoms with van der Waals surface area (Å²) in [4.78, 5) is 12.4. The van der Waals surface area contributed by atoms with E-state index in [9.17, 15) is 13.2 Å². The van der Waals surface area contributed by atoms with Gasteiger partial charge in [-0.1, -0.05) is 30.3 Å². The van der Waals surface area contributed by atoms with E-state index in [0.29, 0.717) is 31.9 Å². The predicted molar refractivity (Wildman–Crippen MR) is 105 cm³/mol. The smallest absolute Gasteiger partial charge is 0.310 e. The van der Waals surface area contributed by atoms with E-state index >= 15 is 0 Å². The Morgan fingerprint density at radius 3 is 2.50 bits per heavy atom. The lowest BCUT2D eigenvalue weighted by Gasteiger charge is -2.26. The summed E-state index contributed by atoms with van der Waals surface area (Å²) in [5.41, 5.74) is 3.85. The van der Waals surface area contributed by atoms with Gasteiger partial charge in [-0.3, -0.25) is 4.79 Å². The number of hydrogen-bond acceptors (Lipinski definition) is 5. The van der Waals surface area contributed by atoms with Gasteiger partial charge < -0.3 is 9.47 Å². The van der Waals surface area contributed by atoms with Crippen LogP contribution in [-0.4, -0.2) is 45.0 Å². The van der Waals surface area contributed by atoms with E-state index in [1.54, 1.807) is 24.3 Å². The fourth-order valence-corrected chi connectivity index (χ4v) is 4.51. The first kappa shape index (κ1) is 20.5. The summed E-state index contributed by atoms with van der Waals surface area (Å²) in [6.07, 6.45) is 0.187. The zero-order valence-corrected chi connectivity index (χ0v) is 17.0. The summed E-state index contributed by atoms with van der Waals surface area (Å²) in [7, 11) is -3.57. The molecule has 0 aliphatic carbocycles. The summed E-state index contributed by atoms with van der Waals surface area (Å²) < 4.78 is 37.5. The summed E-state index contributed by atoms with van der Waals surface area (Å²) >= 11 is 0. The number of morpholine rings is 1. The highest BCUT2D eigenvalue weighted by atomic mass is 32.2. The van der Waals surface area contributed by atoms with E-state index in [-0.39, 0.29) is 23.9 Å². The molecule has 2 aromatic carbocycles. The van der Waals surface area contributed by atoms with Gasteiger partial charge in [0.15, 0.2) is 0 Å². The molecule has 6 nitrogen and oxygen atoms in total. The fraction of sp³-hybridized carbons (Fsp3) is 0.381.